The number of rotatable bonds is 11. The molecule has 0 bridgehead atoms. The maximum absolute atomic E-state index is 12.9. The van der Waals surface area contributed by atoms with Crippen LogP contribution in [0.4, 0.5) is 0 Å². The molecule has 3 aliphatic heterocycles. The monoisotopic (exact) mass is 475 g/mol. The lowest BCUT2D eigenvalue weighted by atomic mass is 10.0. The SMILES string of the molecule is O=C1CCC(N2Cc3c(SCCCCCOCCN4CCOCC4)cccc3C2=O)C(=O)N1. The fourth-order valence-electron chi connectivity index (χ4n) is 4.48. The molecule has 9 heteroatoms. The Labute approximate surface area is 199 Å². The number of ether oxygens (including phenoxy) is 2. The Morgan fingerprint density at radius 1 is 1.09 bits per heavy atom. The Morgan fingerprint density at radius 3 is 2.76 bits per heavy atom. The van der Waals surface area contributed by atoms with Crippen LogP contribution in [-0.2, 0) is 25.6 Å². The van der Waals surface area contributed by atoms with Gasteiger partial charge in [-0.05, 0) is 42.7 Å². The van der Waals surface area contributed by atoms with E-state index in [9.17, 15) is 14.4 Å². The van der Waals surface area contributed by atoms with Crippen molar-refractivity contribution in [2.75, 3.05) is 51.8 Å². The lowest BCUT2D eigenvalue weighted by molar-refractivity contribution is -0.136. The number of hydrogen-bond acceptors (Lipinski definition) is 7. The summed E-state index contributed by atoms with van der Waals surface area (Å²) in [6, 6.07) is 5.24. The van der Waals surface area contributed by atoms with Gasteiger partial charge in [-0.1, -0.05) is 12.5 Å². The van der Waals surface area contributed by atoms with Gasteiger partial charge in [-0.2, -0.15) is 0 Å². The van der Waals surface area contributed by atoms with E-state index in [0.29, 0.717) is 18.5 Å². The van der Waals surface area contributed by atoms with E-state index in [1.54, 1.807) is 16.7 Å². The van der Waals surface area contributed by atoms with Crippen molar-refractivity contribution in [3.63, 3.8) is 0 Å². The van der Waals surface area contributed by atoms with Crippen molar-refractivity contribution in [2.45, 2.75) is 49.6 Å². The number of thioether (sulfide) groups is 1. The number of hydrogen-bond donors (Lipinski definition) is 1. The Kier molecular flexibility index (Phi) is 8.77. The molecule has 0 aliphatic carbocycles. The van der Waals surface area contributed by atoms with Crippen molar-refractivity contribution >= 4 is 29.5 Å². The molecule has 0 spiro atoms. The molecule has 33 heavy (non-hydrogen) atoms. The number of unbranched alkanes of at least 4 members (excludes halogenated alkanes) is 2. The van der Waals surface area contributed by atoms with Gasteiger partial charge in [-0.25, -0.2) is 0 Å². The molecule has 2 saturated heterocycles. The summed E-state index contributed by atoms with van der Waals surface area (Å²) in [5, 5.41) is 2.36. The first-order valence-corrected chi connectivity index (χ1v) is 12.9. The van der Waals surface area contributed by atoms with Crippen LogP contribution < -0.4 is 5.32 Å². The van der Waals surface area contributed by atoms with Gasteiger partial charge in [0, 0.05) is 49.7 Å². The molecular formula is C24H33N3O5S. The van der Waals surface area contributed by atoms with Crippen LogP contribution in [-0.4, -0.2) is 85.4 Å². The summed E-state index contributed by atoms with van der Waals surface area (Å²) >= 11 is 1.77. The van der Waals surface area contributed by atoms with E-state index in [-0.39, 0.29) is 24.1 Å². The Bertz CT molecular complexity index is 859. The molecule has 8 nitrogen and oxygen atoms in total. The van der Waals surface area contributed by atoms with E-state index < -0.39 is 6.04 Å². The maximum atomic E-state index is 12.9. The number of carbonyl (C=O) groups excluding carboxylic acids is 3. The molecule has 0 saturated carbocycles. The molecule has 3 heterocycles. The van der Waals surface area contributed by atoms with Crippen molar-refractivity contribution in [3.05, 3.63) is 29.3 Å². The minimum atomic E-state index is -0.566. The van der Waals surface area contributed by atoms with E-state index in [1.807, 2.05) is 12.1 Å². The Balaban J connectivity index is 1.16. The second-order valence-electron chi connectivity index (χ2n) is 8.66. The molecule has 0 radical (unpaired) electrons. The fourth-order valence-corrected chi connectivity index (χ4v) is 5.57. The molecule has 1 atom stereocenters. The summed E-state index contributed by atoms with van der Waals surface area (Å²) in [5.74, 6) is 0.237. The standard InChI is InChI=1S/C24H33N3O5S/c28-22-8-7-20(23(29)25-22)27-17-19-18(24(27)30)5-4-6-21(19)33-16-3-1-2-12-31-13-9-26-10-14-32-15-11-26/h4-6,20H,1-3,7-17H2,(H,25,28,29). The maximum Gasteiger partial charge on any atom is 0.255 e. The molecule has 1 N–H and O–H groups in total. The topological polar surface area (TPSA) is 88.2 Å². The Hall–Kier alpha value is -1.94. The van der Waals surface area contributed by atoms with E-state index in [0.717, 1.165) is 81.5 Å². The highest BCUT2D eigenvalue weighted by Crippen LogP contribution is 2.34. The molecule has 4 rings (SSSR count). The van der Waals surface area contributed by atoms with Crippen LogP contribution in [0, 0.1) is 0 Å². The molecule has 1 aromatic rings. The number of carbonyl (C=O) groups is 3. The van der Waals surface area contributed by atoms with Crippen molar-refractivity contribution < 1.29 is 23.9 Å². The van der Waals surface area contributed by atoms with E-state index in [1.165, 1.54) is 0 Å². The van der Waals surface area contributed by atoms with Crippen LogP contribution in [0.3, 0.4) is 0 Å². The number of fused-ring (bicyclic) bond motifs is 1. The average Bonchev–Trinajstić information content (AvgIpc) is 3.15. The van der Waals surface area contributed by atoms with Crippen molar-refractivity contribution in [3.8, 4) is 0 Å². The third kappa shape index (κ3) is 6.35. The molecule has 3 amide bonds. The lowest BCUT2D eigenvalue weighted by Gasteiger charge is -2.29. The number of amides is 3. The van der Waals surface area contributed by atoms with Gasteiger partial charge in [-0.3, -0.25) is 24.6 Å². The van der Waals surface area contributed by atoms with Gasteiger partial charge in [0.1, 0.15) is 6.04 Å². The molecular weight excluding hydrogens is 442 g/mol. The summed E-state index contributed by atoms with van der Waals surface area (Å²) in [5.41, 5.74) is 1.68. The number of morpholine rings is 1. The number of benzene rings is 1. The Morgan fingerprint density at radius 2 is 1.94 bits per heavy atom. The van der Waals surface area contributed by atoms with E-state index >= 15 is 0 Å². The van der Waals surface area contributed by atoms with E-state index in [2.05, 4.69) is 16.3 Å². The molecule has 0 aromatic heterocycles. The minimum absolute atomic E-state index is 0.115. The largest absolute Gasteiger partial charge is 0.380 e. The van der Waals surface area contributed by atoms with Crippen LogP contribution in [0.2, 0.25) is 0 Å². The van der Waals surface area contributed by atoms with Crippen LogP contribution in [0.5, 0.6) is 0 Å². The van der Waals surface area contributed by atoms with Crippen molar-refractivity contribution in [1.29, 1.82) is 0 Å². The first-order chi connectivity index (χ1) is 16.1. The third-order valence-electron chi connectivity index (χ3n) is 6.39. The van der Waals surface area contributed by atoms with Gasteiger partial charge in [0.15, 0.2) is 0 Å². The highest BCUT2D eigenvalue weighted by atomic mass is 32.2. The zero-order chi connectivity index (χ0) is 23.0. The number of imide groups is 1. The highest BCUT2D eigenvalue weighted by Gasteiger charge is 2.39. The molecule has 3 aliphatic rings. The highest BCUT2D eigenvalue weighted by molar-refractivity contribution is 7.99. The zero-order valence-electron chi connectivity index (χ0n) is 19.1. The third-order valence-corrected chi connectivity index (χ3v) is 7.57. The van der Waals surface area contributed by atoms with Gasteiger partial charge < -0.3 is 14.4 Å². The normalized spacial score (nSPS) is 21.4. The molecule has 180 valence electrons. The first kappa shape index (κ1) is 24.2. The van der Waals surface area contributed by atoms with Crippen molar-refractivity contribution in [2.24, 2.45) is 0 Å². The number of nitrogens with one attached hydrogen (secondary N) is 1. The van der Waals surface area contributed by atoms with Crippen LogP contribution >= 0.6 is 11.8 Å². The molecule has 1 unspecified atom stereocenters. The van der Waals surface area contributed by atoms with Crippen molar-refractivity contribution in [1.82, 2.24) is 15.1 Å². The summed E-state index contributed by atoms with van der Waals surface area (Å²) in [6.45, 7) is 6.64. The van der Waals surface area contributed by atoms with Crippen LogP contribution in [0.1, 0.15) is 48.0 Å². The predicted molar refractivity (Wildman–Crippen MR) is 125 cm³/mol. The van der Waals surface area contributed by atoms with Crippen LogP contribution in [0.15, 0.2) is 23.1 Å². The predicted octanol–water partition coefficient (Wildman–Crippen LogP) is 2.06. The summed E-state index contributed by atoms with van der Waals surface area (Å²) in [4.78, 5) is 41.7. The number of piperidine rings is 1. The lowest BCUT2D eigenvalue weighted by Crippen LogP contribution is -2.52. The van der Waals surface area contributed by atoms with Gasteiger partial charge >= 0.3 is 0 Å². The summed E-state index contributed by atoms with van der Waals surface area (Å²) < 4.78 is 11.1. The van der Waals surface area contributed by atoms with Gasteiger partial charge in [-0.15, -0.1) is 11.8 Å². The molecule has 1 aromatic carbocycles. The zero-order valence-corrected chi connectivity index (χ0v) is 19.9. The van der Waals surface area contributed by atoms with Crippen LogP contribution in [0.25, 0.3) is 0 Å². The smallest absolute Gasteiger partial charge is 0.255 e. The first-order valence-electron chi connectivity index (χ1n) is 11.9. The average molecular weight is 476 g/mol. The summed E-state index contributed by atoms with van der Waals surface area (Å²) in [7, 11) is 0. The second-order valence-corrected chi connectivity index (χ2v) is 9.79. The van der Waals surface area contributed by atoms with Gasteiger partial charge in [0.25, 0.3) is 5.91 Å². The summed E-state index contributed by atoms with van der Waals surface area (Å²) in [6.07, 6.45) is 3.92. The number of nitrogens with zero attached hydrogens (tertiary/aromatic N) is 2. The van der Waals surface area contributed by atoms with E-state index in [4.69, 9.17) is 9.47 Å². The molecule has 2 fully saturated rings. The minimum Gasteiger partial charge on any atom is -0.380 e. The quantitative estimate of drug-likeness (QED) is 0.298. The van der Waals surface area contributed by atoms with Gasteiger partial charge in [0.05, 0.1) is 19.8 Å². The fraction of sp³-hybridized carbons (Fsp3) is 0.625. The van der Waals surface area contributed by atoms with Gasteiger partial charge in [0.2, 0.25) is 11.8 Å². The second kappa shape index (κ2) is 12.0.